The molecule has 0 unspecified atom stereocenters. The smallest absolute Gasteiger partial charge is 0.0688 e. The molecule has 0 bridgehead atoms. The zero-order chi connectivity index (χ0) is 11.5. The number of halogens is 1. The Hall–Kier alpha value is 0.650. The number of ether oxygens (including phenoxy) is 2. The first-order valence-electron chi connectivity index (χ1n) is 5.92. The van der Waals surface area contributed by atoms with Gasteiger partial charge in [0.15, 0.2) is 0 Å². The van der Waals surface area contributed by atoms with Gasteiger partial charge in [0.1, 0.15) is 0 Å². The second-order valence-corrected chi connectivity index (χ2v) is 5.52. The molecule has 0 aliphatic carbocycles. The molecule has 0 heterocycles. The lowest BCUT2D eigenvalue weighted by Gasteiger charge is -2.21. The molecular formula is C12H25IO2. The van der Waals surface area contributed by atoms with Crippen molar-refractivity contribution in [3.05, 3.63) is 0 Å². The largest absolute Gasteiger partial charge is 0.385 e. The van der Waals surface area contributed by atoms with Gasteiger partial charge in [-0.05, 0) is 19.3 Å². The fourth-order valence-electron chi connectivity index (χ4n) is 1.65. The van der Waals surface area contributed by atoms with E-state index in [2.05, 4.69) is 29.5 Å². The van der Waals surface area contributed by atoms with Gasteiger partial charge in [0.25, 0.3) is 0 Å². The monoisotopic (exact) mass is 328 g/mol. The molecular weight excluding hydrogens is 303 g/mol. The third kappa shape index (κ3) is 8.46. The van der Waals surface area contributed by atoms with E-state index in [4.69, 9.17) is 9.47 Å². The van der Waals surface area contributed by atoms with Crippen molar-refractivity contribution in [1.29, 1.82) is 0 Å². The average Bonchev–Trinajstić information content (AvgIpc) is 2.24. The lowest BCUT2D eigenvalue weighted by Crippen LogP contribution is -2.23. The van der Waals surface area contributed by atoms with Crippen LogP contribution in [0, 0.1) is 0 Å². The Morgan fingerprint density at radius 1 is 1.07 bits per heavy atom. The predicted molar refractivity (Wildman–Crippen MR) is 73.9 cm³/mol. The summed E-state index contributed by atoms with van der Waals surface area (Å²) in [7, 11) is 3.59. The maximum atomic E-state index is 5.54. The van der Waals surface area contributed by atoms with Gasteiger partial charge < -0.3 is 9.47 Å². The van der Waals surface area contributed by atoms with Crippen molar-refractivity contribution in [2.24, 2.45) is 0 Å². The zero-order valence-electron chi connectivity index (χ0n) is 10.3. The highest BCUT2D eigenvalue weighted by Crippen LogP contribution is 2.20. The van der Waals surface area contributed by atoms with E-state index in [0.717, 1.165) is 13.0 Å². The van der Waals surface area contributed by atoms with Gasteiger partial charge in [0.2, 0.25) is 0 Å². The molecule has 0 aliphatic heterocycles. The van der Waals surface area contributed by atoms with E-state index < -0.39 is 0 Å². The van der Waals surface area contributed by atoms with Crippen molar-refractivity contribution >= 4 is 22.6 Å². The van der Waals surface area contributed by atoms with E-state index >= 15 is 0 Å². The lowest BCUT2D eigenvalue weighted by molar-refractivity contribution is 0.0895. The summed E-state index contributed by atoms with van der Waals surface area (Å²) in [6.07, 6.45) is 7.85. The highest BCUT2D eigenvalue weighted by Gasteiger charge is 2.17. The molecule has 92 valence electrons. The Morgan fingerprint density at radius 2 is 1.80 bits per heavy atom. The molecule has 2 nitrogen and oxygen atoms in total. The Balaban J connectivity index is 3.62. The highest BCUT2D eigenvalue weighted by molar-refractivity contribution is 14.1. The van der Waals surface area contributed by atoms with Gasteiger partial charge in [-0.3, -0.25) is 0 Å². The minimum Gasteiger partial charge on any atom is -0.385 e. The molecule has 0 aromatic rings. The Bertz CT molecular complexity index is 131. The number of unbranched alkanes of at least 4 members (excludes halogenated alkanes) is 2. The zero-order valence-corrected chi connectivity index (χ0v) is 12.5. The number of methoxy groups -OCH3 is 2. The molecule has 0 N–H and O–H groups in total. The van der Waals surface area contributed by atoms with Crippen LogP contribution < -0.4 is 0 Å². The van der Waals surface area contributed by atoms with Crippen LogP contribution in [0.5, 0.6) is 0 Å². The third-order valence-electron chi connectivity index (χ3n) is 2.63. The van der Waals surface area contributed by atoms with E-state index in [1.54, 1.807) is 7.11 Å². The lowest BCUT2D eigenvalue weighted by atomic mass is 10.1. The van der Waals surface area contributed by atoms with Crippen LogP contribution in [-0.2, 0) is 9.47 Å². The van der Waals surface area contributed by atoms with Crippen molar-refractivity contribution in [3.8, 4) is 0 Å². The van der Waals surface area contributed by atoms with Gasteiger partial charge in [0.05, 0.1) is 6.10 Å². The van der Waals surface area contributed by atoms with Crippen molar-refractivity contribution in [1.82, 2.24) is 0 Å². The van der Waals surface area contributed by atoms with Crippen LogP contribution in [0.15, 0.2) is 0 Å². The summed E-state index contributed by atoms with van der Waals surface area (Å²) in [5.74, 6) is 0. The molecule has 0 saturated heterocycles. The summed E-state index contributed by atoms with van der Waals surface area (Å²) in [5, 5.41) is 0. The van der Waals surface area contributed by atoms with E-state index in [-0.39, 0.29) is 0 Å². The first kappa shape index (κ1) is 15.7. The normalized spacial score (nSPS) is 15.2. The van der Waals surface area contributed by atoms with Crippen LogP contribution in [0.2, 0.25) is 0 Å². The van der Waals surface area contributed by atoms with Crippen molar-refractivity contribution in [3.63, 3.8) is 0 Å². The molecule has 0 amide bonds. The predicted octanol–water partition coefficient (Wildman–Crippen LogP) is 3.81. The van der Waals surface area contributed by atoms with Crippen molar-refractivity contribution in [2.45, 2.75) is 55.5 Å². The van der Waals surface area contributed by atoms with Gasteiger partial charge in [-0.2, -0.15) is 0 Å². The van der Waals surface area contributed by atoms with E-state index in [1.807, 2.05) is 7.11 Å². The maximum absolute atomic E-state index is 5.54. The molecule has 0 saturated carbocycles. The first-order chi connectivity index (χ1) is 7.26. The summed E-state index contributed by atoms with van der Waals surface area (Å²) in [6, 6.07) is 0. The fourth-order valence-corrected chi connectivity index (χ4v) is 2.74. The molecule has 0 radical (unpaired) electrons. The molecule has 0 aromatic heterocycles. The summed E-state index contributed by atoms with van der Waals surface area (Å²) in [4.78, 5) is 0. The third-order valence-corrected chi connectivity index (χ3v) is 4.05. The first-order valence-corrected chi connectivity index (χ1v) is 7.16. The van der Waals surface area contributed by atoms with Gasteiger partial charge in [-0.15, -0.1) is 0 Å². The summed E-state index contributed by atoms with van der Waals surface area (Å²) >= 11 is 2.51. The second-order valence-electron chi connectivity index (χ2n) is 3.92. The van der Waals surface area contributed by atoms with E-state index in [1.165, 1.54) is 32.1 Å². The van der Waals surface area contributed by atoms with Crippen molar-refractivity contribution < 1.29 is 9.47 Å². The quantitative estimate of drug-likeness (QED) is 0.345. The SMILES string of the molecule is CCCCC[C@@H](OC)[C@H](I)CCCOC. The molecule has 3 heteroatoms. The molecule has 15 heavy (non-hydrogen) atoms. The van der Waals surface area contributed by atoms with Gasteiger partial charge in [0, 0.05) is 24.8 Å². The standard InChI is InChI=1S/C12H25IO2/c1-4-5-6-9-12(15-3)11(13)8-7-10-14-2/h11-12H,4-10H2,1-3H3/t11-,12-/m1/s1. The Kier molecular flexibility index (Phi) is 11.6. The molecule has 0 spiro atoms. The van der Waals surface area contributed by atoms with Crippen LogP contribution in [0.3, 0.4) is 0 Å². The molecule has 0 rings (SSSR count). The summed E-state index contributed by atoms with van der Waals surface area (Å²) in [5.41, 5.74) is 0. The number of alkyl halides is 1. The average molecular weight is 328 g/mol. The topological polar surface area (TPSA) is 18.5 Å². The number of rotatable bonds is 10. The minimum atomic E-state index is 0.425. The van der Waals surface area contributed by atoms with Crippen molar-refractivity contribution in [2.75, 3.05) is 20.8 Å². The molecule has 2 atom stereocenters. The minimum absolute atomic E-state index is 0.425. The summed E-state index contributed by atoms with van der Waals surface area (Å²) < 4.78 is 11.2. The van der Waals surface area contributed by atoms with Gasteiger partial charge in [-0.25, -0.2) is 0 Å². The Labute approximate surface area is 108 Å². The van der Waals surface area contributed by atoms with E-state index in [0.29, 0.717) is 10.0 Å². The summed E-state index contributed by atoms with van der Waals surface area (Å²) in [6.45, 7) is 3.10. The Morgan fingerprint density at radius 3 is 2.33 bits per heavy atom. The maximum Gasteiger partial charge on any atom is 0.0688 e. The van der Waals surface area contributed by atoms with Crippen LogP contribution in [0.1, 0.15) is 45.4 Å². The van der Waals surface area contributed by atoms with Crippen LogP contribution in [0.4, 0.5) is 0 Å². The van der Waals surface area contributed by atoms with Gasteiger partial charge >= 0.3 is 0 Å². The molecule has 0 aromatic carbocycles. The van der Waals surface area contributed by atoms with Gasteiger partial charge in [-0.1, -0.05) is 48.8 Å². The second kappa shape index (κ2) is 11.1. The van der Waals surface area contributed by atoms with Crippen LogP contribution in [0.25, 0.3) is 0 Å². The molecule has 0 fully saturated rings. The number of hydrogen-bond acceptors (Lipinski definition) is 2. The van der Waals surface area contributed by atoms with Crippen LogP contribution >= 0.6 is 22.6 Å². The van der Waals surface area contributed by atoms with Crippen LogP contribution in [-0.4, -0.2) is 30.9 Å². The highest BCUT2D eigenvalue weighted by atomic mass is 127. The fraction of sp³-hybridized carbons (Fsp3) is 1.00. The van der Waals surface area contributed by atoms with E-state index in [9.17, 15) is 0 Å². The number of hydrogen-bond donors (Lipinski definition) is 0. The molecule has 0 aliphatic rings.